The van der Waals surface area contributed by atoms with Gasteiger partial charge in [-0.15, -0.1) is 0 Å². The molecule has 0 saturated carbocycles. The van der Waals surface area contributed by atoms with Gasteiger partial charge >= 0.3 is 5.69 Å². The lowest BCUT2D eigenvalue weighted by Crippen LogP contribution is -2.30. The highest BCUT2D eigenvalue weighted by Crippen LogP contribution is 2.21. The van der Waals surface area contributed by atoms with Crippen LogP contribution in [0.1, 0.15) is 5.56 Å². The molecule has 0 saturated heterocycles. The first kappa shape index (κ1) is 12.6. The van der Waals surface area contributed by atoms with Crippen molar-refractivity contribution in [1.82, 2.24) is 9.55 Å². The standard InChI is InChI=1S/C11H8BrFN2O3/c1-5-9(16)14-11(18)15(10(5)17)6-2-3-7(12)8(13)4-6/h2-4,17H,1H3,(H,14,16,18). The zero-order chi connectivity index (χ0) is 13.4. The van der Waals surface area contributed by atoms with Crippen LogP contribution in [0, 0.1) is 12.7 Å². The van der Waals surface area contributed by atoms with Gasteiger partial charge in [-0.2, -0.15) is 0 Å². The Morgan fingerprint density at radius 2 is 2.06 bits per heavy atom. The van der Waals surface area contributed by atoms with E-state index in [-0.39, 0.29) is 15.7 Å². The second kappa shape index (κ2) is 4.41. The maximum Gasteiger partial charge on any atom is 0.335 e. The van der Waals surface area contributed by atoms with Crippen LogP contribution in [0.5, 0.6) is 5.88 Å². The van der Waals surface area contributed by atoms with Gasteiger partial charge in [-0.25, -0.2) is 13.8 Å². The number of halogens is 2. The molecule has 0 unspecified atom stereocenters. The molecule has 0 amide bonds. The maximum atomic E-state index is 13.4. The van der Waals surface area contributed by atoms with Crippen LogP contribution in [0.15, 0.2) is 32.3 Å². The molecular weight excluding hydrogens is 307 g/mol. The summed E-state index contributed by atoms with van der Waals surface area (Å²) < 4.78 is 14.5. The molecule has 0 aliphatic rings. The molecule has 0 aliphatic carbocycles. The Kier molecular flexibility index (Phi) is 3.08. The number of hydrogen-bond donors (Lipinski definition) is 2. The van der Waals surface area contributed by atoms with Gasteiger partial charge in [-0.1, -0.05) is 0 Å². The smallest absolute Gasteiger partial charge is 0.335 e. The third-order valence-corrected chi connectivity index (χ3v) is 3.12. The number of hydrogen-bond acceptors (Lipinski definition) is 3. The third-order valence-electron chi connectivity index (χ3n) is 2.47. The largest absolute Gasteiger partial charge is 0.494 e. The number of H-pyrrole nitrogens is 1. The molecule has 5 nitrogen and oxygen atoms in total. The van der Waals surface area contributed by atoms with Crippen LogP contribution in [0.25, 0.3) is 5.69 Å². The summed E-state index contributed by atoms with van der Waals surface area (Å²) in [5.74, 6) is -1.09. The predicted molar refractivity (Wildman–Crippen MR) is 66.7 cm³/mol. The maximum absolute atomic E-state index is 13.4. The lowest BCUT2D eigenvalue weighted by Gasteiger charge is -2.09. The van der Waals surface area contributed by atoms with Gasteiger partial charge in [0.25, 0.3) is 5.56 Å². The summed E-state index contributed by atoms with van der Waals surface area (Å²) in [5.41, 5.74) is -1.40. The molecule has 94 valence electrons. The average Bonchev–Trinajstić information content (AvgIpc) is 2.31. The van der Waals surface area contributed by atoms with Crippen LogP contribution in [0.3, 0.4) is 0 Å². The van der Waals surface area contributed by atoms with Crippen molar-refractivity contribution in [2.45, 2.75) is 6.92 Å². The minimum Gasteiger partial charge on any atom is -0.494 e. The van der Waals surface area contributed by atoms with Gasteiger partial charge in [0, 0.05) is 0 Å². The quantitative estimate of drug-likeness (QED) is 0.836. The summed E-state index contributed by atoms with van der Waals surface area (Å²) >= 11 is 2.98. The molecule has 2 aromatic rings. The zero-order valence-corrected chi connectivity index (χ0v) is 10.8. The average molecular weight is 315 g/mol. The molecule has 7 heteroatoms. The van der Waals surface area contributed by atoms with Gasteiger partial charge in [0.2, 0.25) is 5.88 Å². The van der Waals surface area contributed by atoms with Gasteiger partial charge in [-0.05, 0) is 41.1 Å². The predicted octanol–water partition coefficient (Wildman–Crippen LogP) is 1.44. The highest BCUT2D eigenvalue weighted by molar-refractivity contribution is 9.10. The summed E-state index contributed by atoms with van der Waals surface area (Å²) in [6.07, 6.45) is 0. The highest BCUT2D eigenvalue weighted by atomic mass is 79.9. The van der Waals surface area contributed by atoms with E-state index in [1.807, 2.05) is 4.98 Å². The molecule has 0 spiro atoms. The number of aromatic hydroxyl groups is 1. The van der Waals surface area contributed by atoms with Crippen LogP contribution in [0.4, 0.5) is 4.39 Å². The molecule has 18 heavy (non-hydrogen) atoms. The summed E-state index contributed by atoms with van der Waals surface area (Å²) in [7, 11) is 0. The van der Waals surface area contributed by atoms with Gasteiger partial charge in [0.1, 0.15) is 5.82 Å². The SMILES string of the molecule is Cc1c(O)n(-c2ccc(Br)c(F)c2)c(=O)[nH]c1=O. The molecule has 0 radical (unpaired) electrons. The van der Waals surface area contributed by atoms with Crippen molar-refractivity contribution in [1.29, 1.82) is 0 Å². The molecule has 1 aromatic heterocycles. The molecular formula is C11H8BrFN2O3. The molecule has 2 rings (SSSR count). The fourth-order valence-corrected chi connectivity index (χ4v) is 1.72. The number of nitrogens with zero attached hydrogens (tertiary/aromatic N) is 1. The van der Waals surface area contributed by atoms with Crippen LogP contribution < -0.4 is 11.2 Å². The highest BCUT2D eigenvalue weighted by Gasteiger charge is 2.13. The van der Waals surface area contributed by atoms with E-state index in [1.54, 1.807) is 0 Å². The van der Waals surface area contributed by atoms with E-state index in [2.05, 4.69) is 15.9 Å². The Hall–Kier alpha value is -1.89. The summed E-state index contributed by atoms with van der Waals surface area (Å²) in [6, 6.07) is 3.91. The number of aromatic amines is 1. The van der Waals surface area contributed by atoms with E-state index >= 15 is 0 Å². The Morgan fingerprint density at radius 1 is 1.39 bits per heavy atom. The Labute approximate surface area is 109 Å². The molecule has 0 atom stereocenters. The molecule has 1 aromatic carbocycles. The first-order valence-corrected chi connectivity index (χ1v) is 5.71. The van der Waals surface area contributed by atoms with Crippen molar-refractivity contribution < 1.29 is 9.50 Å². The van der Waals surface area contributed by atoms with Crippen molar-refractivity contribution >= 4 is 15.9 Å². The van der Waals surface area contributed by atoms with E-state index in [9.17, 15) is 19.1 Å². The monoisotopic (exact) mass is 314 g/mol. The fraction of sp³-hybridized carbons (Fsp3) is 0.0909. The molecule has 0 fully saturated rings. The lowest BCUT2D eigenvalue weighted by atomic mass is 10.3. The van der Waals surface area contributed by atoms with Crippen molar-refractivity contribution in [2.75, 3.05) is 0 Å². The van der Waals surface area contributed by atoms with E-state index in [1.165, 1.54) is 19.1 Å². The normalized spacial score (nSPS) is 10.6. The van der Waals surface area contributed by atoms with E-state index in [4.69, 9.17) is 0 Å². The fourth-order valence-electron chi connectivity index (χ4n) is 1.48. The van der Waals surface area contributed by atoms with Crippen LogP contribution in [-0.2, 0) is 0 Å². The first-order chi connectivity index (χ1) is 8.41. The Morgan fingerprint density at radius 3 is 2.67 bits per heavy atom. The topological polar surface area (TPSA) is 75.1 Å². The van der Waals surface area contributed by atoms with Crippen molar-refractivity contribution in [2.24, 2.45) is 0 Å². The van der Waals surface area contributed by atoms with Gasteiger partial charge in [0.05, 0.1) is 15.7 Å². The van der Waals surface area contributed by atoms with E-state index in [0.29, 0.717) is 0 Å². The van der Waals surface area contributed by atoms with Crippen molar-refractivity contribution in [3.05, 3.63) is 54.9 Å². The molecule has 0 bridgehead atoms. The molecule has 2 N–H and O–H groups in total. The second-order valence-electron chi connectivity index (χ2n) is 3.64. The Balaban J connectivity index is 2.79. The third kappa shape index (κ3) is 1.97. The van der Waals surface area contributed by atoms with Gasteiger partial charge in [0.15, 0.2) is 0 Å². The number of benzene rings is 1. The Bertz CT molecular complexity index is 736. The lowest BCUT2D eigenvalue weighted by molar-refractivity contribution is 0.426. The zero-order valence-electron chi connectivity index (χ0n) is 9.20. The van der Waals surface area contributed by atoms with Crippen LogP contribution >= 0.6 is 15.9 Å². The van der Waals surface area contributed by atoms with E-state index < -0.39 is 22.9 Å². The van der Waals surface area contributed by atoms with Gasteiger partial charge in [-0.3, -0.25) is 9.78 Å². The minimum absolute atomic E-state index is 0.0158. The molecule has 0 aliphatic heterocycles. The summed E-state index contributed by atoms with van der Waals surface area (Å²) in [6.45, 7) is 1.36. The minimum atomic E-state index is -0.829. The van der Waals surface area contributed by atoms with Crippen molar-refractivity contribution in [3.63, 3.8) is 0 Å². The van der Waals surface area contributed by atoms with Gasteiger partial charge < -0.3 is 5.11 Å². The number of nitrogens with one attached hydrogen (secondary N) is 1. The van der Waals surface area contributed by atoms with Crippen molar-refractivity contribution in [3.8, 4) is 11.6 Å². The first-order valence-electron chi connectivity index (χ1n) is 4.92. The number of aromatic nitrogens is 2. The summed E-state index contributed by atoms with van der Waals surface area (Å²) in [4.78, 5) is 24.9. The summed E-state index contributed by atoms with van der Waals surface area (Å²) in [5, 5.41) is 9.78. The molecule has 1 heterocycles. The van der Waals surface area contributed by atoms with E-state index in [0.717, 1.165) is 10.6 Å². The van der Waals surface area contributed by atoms with Crippen LogP contribution in [0.2, 0.25) is 0 Å². The van der Waals surface area contributed by atoms with Crippen LogP contribution in [-0.4, -0.2) is 14.7 Å². The second-order valence-corrected chi connectivity index (χ2v) is 4.50. The number of rotatable bonds is 1.